The highest BCUT2D eigenvalue weighted by molar-refractivity contribution is 7.99. The van der Waals surface area contributed by atoms with Crippen LogP contribution in [-0.4, -0.2) is 23.0 Å². The highest BCUT2D eigenvalue weighted by atomic mass is 32.2. The number of hydrogen-bond donors (Lipinski definition) is 1. The summed E-state index contributed by atoms with van der Waals surface area (Å²) in [6, 6.07) is 0. The molecule has 0 aromatic carbocycles. The van der Waals surface area contributed by atoms with Gasteiger partial charge < -0.3 is 5.32 Å². The largest absolute Gasteiger partial charge is 0.305 e. The van der Waals surface area contributed by atoms with Crippen molar-refractivity contribution in [2.45, 2.75) is 51.0 Å². The molecule has 18 heavy (non-hydrogen) atoms. The molecule has 0 saturated carbocycles. The second kappa shape index (κ2) is 5.51. The summed E-state index contributed by atoms with van der Waals surface area (Å²) in [5.41, 5.74) is 1.59. The Labute approximate surface area is 118 Å². The van der Waals surface area contributed by atoms with Crippen molar-refractivity contribution in [1.29, 1.82) is 0 Å². The Bertz CT molecular complexity index is 386. The Morgan fingerprint density at radius 2 is 2.28 bits per heavy atom. The summed E-state index contributed by atoms with van der Waals surface area (Å²) >= 11 is 4.08. The molecule has 2 heterocycles. The number of nitrogens with one attached hydrogen (secondary N) is 1. The maximum atomic E-state index is 4.98. The predicted molar refractivity (Wildman–Crippen MR) is 80.7 cm³/mol. The van der Waals surface area contributed by atoms with Crippen LogP contribution in [0.4, 0.5) is 0 Å². The van der Waals surface area contributed by atoms with Crippen LogP contribution in [0, 0.1) is 0 Å². The Hall–Kier alpha value is -0.0600. The fraction of sp³-hybridized carbons (Fsp3) is 0.786. The topological polar surface area (TPSA) is 24.9 Å². The summed E-state index contributed by atoms with van der Waals surface area (Å²) in [5, 5.41) is 5.20. The molecule has 1 aliphatic heterocycles. The molecule has 1 fully saturated rings. The summed E-state index contributed by atoms with van der Waals surface area (Å²) in [4.78, 5) is 6.55. The van der Waals surface area contributed by atoms with Crippen molar-refractivity contribution < 1.29 is 0 Å². The summed E-state index contributed by atoms with van der Waals surface area (Å²) in [5.74, 6) is 2.53. The lowest BCUT2D eigenvalue weighted by Gasteiger charge is -2.36. The van der Waals surface area contributed by atoms with E-state index in [1.807, 2.05) is 11.3 Å². The lowest BCUT2D eigenvalue weighted by Crippen LogP contribution is -2.46. The van der Waals surface area contributed by atoms with Gasteiger partial charge in [-0.15, -0.1) is 11.3 Å². The molecule has 0 radical (unpaired) electrons. The van der Waals surface area contributed by atoms with Crippen molar-refractivity contribution in [2.75, 3.05) is 18.1 Å². The highest BCUT2D eigenvalue weighted by Crippen LogP contribution is 2.40. The second-order valence-electron chi connectivity index (χ2n) is 5.41. The highest BCUT2D eigenvalue weighted by Gasteiger charge is 2.37. The zero-order chi connectivity index (χ0) is 12.4. The third-order valence-electron chi connectivity index (χ3n) is 3.96. The van der Waals surface area contributed by atoms with Gasteiger partial charge in [-0.05, 0) is 50.8 Å². The molecule has 0 bridgehead atoms. The molecule has 1 saturated heterocycles. The van der Waals surface area contributed by atoms with Crippen LogP contribution in [0.1, 0.15) is 48.2 Å². The minimum Gasteiger partial charge on any atom is -0.305 e. The van der Waals surface area contributed by atoms with Gasteiger partial charge in [-0.2, -0.15) is 11.8 Å². The number of aryl methyl sites for hydroxylation is 2. The first-order chi connectivity index (χ1) is 8.84. The Kier molecular flexibility index (Phi) is 3.97. The third-order valence-corrected chi connectivity index (χ3v) is 6.59. The molecule has 1 aromatic heterocycles. The average molecular weight is 282 g/mol. The van der Waals surface area contributed by atoms with Gasteiger partial charge in [0.15, 0.2) is 0 Å². The molecule has 4 heteroatoms. The van der Waals surface area contributed by atoms with Crippen molar-refractivity contribution in [3.63, 3.8) is 0 Å². The first-order valence-corrected chi connectivity index (χ1v) is 9.13. The molecule has 0 spiro atoms. The molecule has 0 amide bonds. The van der Waals surface area contributed by atoms with Gasteiger partial charge in [-0.1, -0.05) is 6.92 Å². The van der Waals surface area contributed by atoms with Crippen molar-refractivity contribution >= 4 is 23.1 Å². The van der Waals surface area contributed by atoms with Crippen LogP contribution in [0.15, 0.2) is 0 Å². The SMILES string of the molecule is CCCNC1(c2nc3c(s2)CCC3)CCCSC1. The summed E-state index contributed by atoms with van der Waals surface area (Å²) in [6.07, 6.45) is 7.60. The van der Waals surface area contributed by atoms with Crippen LogP contribution in [0.3, 0.4) is 0 Å². The van der Waals surface area contributed by atoms with Gasteiger partial charge in [0.25, 0.3) is 0 Å². The van der Waals surface area contributed by atoms with Gasteiger partial charge in [0, 0.05) is 10.6 Å². The normalized spacial score (nSPS) is 27.4. The number of rotatable bonds is 4. The maximum Gasteiger partial charge on any atom is 0.114 e. The number of thiazole rings is 1. The van der Waals surface area contributed by atoms with Crippen molar-refractivity contribution in [3.8, 4) is 0 Å². The molecule has 1 aliphatic carbocycles. The quantitative estimate of drug-likeness (QED) is 0.916. The molecule has 1 aromatic rings. The van der Waals surface area contributed by atoms with E-state index in [0.717, 1.165) is 6.54 Å². The van der Waals surface area contributed by atoms with Crippen molar-refractivity contribution in [1.82, 2.24) is 10.3 Å². The van der Waals surface area contributed by atoms with E-state index in [0.29, 0.717) is 0 Å². The van der Waals surface area contributed by atoms with E-state index in [2.05, 4.69) is 24.0 Å². The average Bonchev–Trinajstić information content (AvgIpc) is 2.98. The fourth-order valence-electron chi connectivity index (χ4n) is 2.94. The van der Waals surface area contributed by atoms with E-state index in [1.54, 1.807) is 4.88 Å². The van der Waals surface area contributed by atoms with Gasteiger partial charge in [0.05, 0.1) is 11.2 Å². The van der Waals surface area contributed by atoms with Crippen molar-refractivity contribution in [2.24, 2.45) is 0 Å². The van der Waals surface area contributed by atoms with Crippen molar-refractivity contribution in [3.05, 3.63) is 15.6 Å². The molecule has 2 aliphatic rings. The third kappa shape index (κ3) is 2.35. The lowest BCUT2D eigenvalue weighted by atomic mass is 9.96. The summed E-state index contributed by atoms with van der Waals surface area (Å²) < 4.78 is 0. The van der Waals surface area contributed by atoms with Gasteiger partial charge >= 0.3 is 0 Å². The molecule has 1 atom stereocenters. The van der Waals surface area contributed by atoms with Crippen LogP contribution in [0.25, 0.3) is 0 Å². The minimum absolute atomic E-state index is 0.188. The zero-order valence-electron chi connectivity index (χ0n) is 11.1. The van der Waals surface area contributed by atoms with E-state index in [-0.39, 0.29) is 5.54 Å². The minimum atomic E-state index is 0.188. The van der Waals surface area contributed by atoms with Gasteiger partial charge in [-0.25, -0.2) is 4.98 Å². The van der Waals surface area contributed by atoms with Crippen LogP contribution < -0.4 is 5.32 Å². The summed E-state index contributed by atoms with van der Waals surface area (Å²) in [6.45, 7) is 3.36. The Morgan fingerprint density at radius 3 is 3.00 bits per heavy atom. The zero-order valence-corrected chi connectivity index (χ0v) is 12.8. The smallest absolute Gasteiger partial charge is 0.114 e. The molecule has 100 valence electrons. The van der Waals surface area contributed by atoms with Crippen LogP contribution in [-0.2, 0) is 18.4 Å². The van der Waals surface area contributed by atoms with Gasteiger partial charge in [0.1, 0.15) is 5.01 Å². The van der Waals surface area contributed by atoms with Gasteiger partial charge in [0.2, 0.25) is 0 Å². The second-order valence-corrected chi connectivity index (χ2v) is 7.60. The van der Waals surface area contributed by atoms with Gasteiger partial charge in [-0.3, -0.25) is 0 Å². The fourth-order valence-corrected chi connectivity index (χ4v) is 5.60. The van der Waals surface area contributed by atoms with Crippen LogP contribution in [0.5, 0.6) is 0 Å². The van der Waals surface area contributed by atoms with Crippen LogP contribution >= 0.6 is 23.1 Å². The molecular weight excluding hydrogens is 260 g/mol. The molecular formula is C14H22N2S2. The van der Waals surface area contributed by atoms with E-state index in [1.165, 1.54) is 60.7 Å². The summed E-state index contributed by atoms with van der Waals surface area (Å²) in [7, 11) is 0. The Morgan fingerprint density at radius 1 is 1.33 bits per heavy atom. The number of hydrogen-bond acceptors (Lipinski definition) is 4. The Balaban J connectivity index is 1.86. The maximum absolute atomic E-state index is 4.98. The van der Waals surface area contributed by atoms with Crippen LogP contribution in [0.2, 0.25) is 0 Å². The van der Waals surface area contributed by atoms with E-state index < -0.39 is 0 Å². The van der Waals surface area contributed by atoms with E-state index in [9.17, 15) is 0 Å². The van der Waals surface area contributed by atoms with E-state index in [4.69, 9.17) is 4.98 Å². The number of thioether (sulfide) groups is 1. The molecule has 1 N–H and O–H groups in total. The number of nitrogens with zero attached hydrogens (tertiary/aromatic N) is 1. The monoisotopic (exact) mass is 282 g/mol. The predicted octanol–water partition coefficient (Wildman–Crippen LogP) is 3.35. The molecule has 1 unspecified atom stereocenters. The number of fused-ring (bicyclic) bond motifs is 1. The standard InChI is InChI=1S/C14H22N2S2/c1-2-8-15-14(7-4-9-17-10-14)13-16-11-5-3-6-12(11)18-13/h15H,2-10H2,1H3. The first kappa shape index (κ1) is 12.9. The first-order valence-electron chi connectivity index (χ1n) is 7.16. The lowest BCUT2D eigenvalue weighted by molar-refractivity contribution is 0.337. The van der Waals surface area contributed by atoms with E-state index >= 15 is 0 Å². The molecule has 2 nitrogen and oxygen atoms in total. The molecule has 3 rings (SSSR count). The number of aromatic nitrogens is 1.